The van der Waals surface area contributed by atoms with E-state index in [1.165, 1.54) is 24.1 Å². The Balaban J connectivity index is 2.04. The summed E-state index contributed by atoms with van der Waals surface area (Å²) < 4.78 is 39.4. The Kier molecular flexibility index (Phi) is 7.89. The van der Waals surface area contributed by atoms with E-state index < -0.39 is 28.3 Å². The minimum absolute atomic E-state index is 0.0461. The van der Waals surface area contributed by atoms with Crippen LogP contribution in [0.2, 0.25) is 0 Å². The molecule has 9 heteroatoms. The second-order valence-electron chi connectivity index (χ2n) is 7.37. The van der Waals surface area contributed by atoms with Gasteiger partial charge in [-0.25, -0.2) is 13.2 Å². The summed E-state index contributed by atoms with van der Waals surface area (Å²) in [5.74, 6) is 0.0304. The van der Waals surface area contributed by atoms with E-state index in [2.05, 4.69) is 0 Å². The van der Waals surface area contributed by atoms with Gasteiger partial charge < -0.3 is 19.1 Å². The Morgan fingerprint density at radius 1 is 1.24 bits per heavy atom. The molecule has 162 valence electrons. The van der Waals surface area contributed by atoms with Gasteiger partial charge in [0, 0.05) is 12.6 Å². The zero-order valence-electron chi connectivity index (χ0n) is 17.3. The zero-order valence-corrected chi connectivity index (χ0v) is 18.2. The monoisotopic (exact) mass is 427 g/mol. The molecular formula is C20H29NO7S. The molecule has 1 aliphatic heterocycles. The molecule has 0 saturated carbocycles. The number of carbonyl (C=O) groups excluding carboxylic acids is 2. The summed E-state index contributed by atoms with van der Waals surface area (Å²) in [5.41, 5.74) is 0.233. The van der Waals surface area contributed by atoms with E-state index in [9.17, 15) is 18.0 Å². The molecule has 1 fully saturated rings. The van der Waals surface area contributed by atoms with Crippen LogP contribution >= 0.6 is 0 Å². The van der Waals surface area contributed by atoms with Crippen LogP contribution < -0.4 is 9.47 Å². The highest BCUT2D eigenvalue weighted by Crippen LogP contribution is 2.28. The van der Waals surface area contributed by atoms with Gasteiger partial charge >= 0.3 is 5.97 Å². The highest BCUT2D eigenvalue weighted by atomic mass is 32.2. The van der Waals surface area contributed by atoms with E-state index in [0.29, 0.717) is 31.1 Å². The lowest BCUT2D eigenvalue weighted by Gasteiger charge is -2.29. The van der Waals surface area contributed by atoms with Gasteiger partial charge in [0.15, 0.2) is 27.9 Å². The third kappa shape index (κ3) is 6.35. The summed E-state index contributed by atoms with van der Waals surface area (Å²) in [5, 5.41) is 0. The van der Waals surface area contributed by atoms with Crippen molar-refractivity contribution < 1.29 is 32.2 Å². The first-order valence-corrected chi connectivity index (χ1v) is 11.5. The highest BCUT2D eigenvalue weighted by molar-refractivity contribution is 7.91. The second kappa shape index (κ2) is 9.96. The molecule has 1 atom stereocenters. The molecule has 1 amide bonds. The van der Waals surface area contributed by atoms with Gasteiger partial charge in [-0.15, -0.1) is 0 Å². The van der Waals surface area contributed by atoms with Crippen LogP contribution in [0.1, 0.15) is 37.6 Å². The molecule has 1 aliphatic rings. The largest absolute Gasteiger partial charge is 0.493 e. The quantitative estimate of drug-likeness (QED) is 0.555. The van der Waals surface area contributed by atoms with E-state index in [4.69, 9.17) is 14.2 Å². The summed E-state index contributed by atoms with van der Waals surface area (Å²) >= 11 is 0. The highest BCUT2D eigenvalue weighted by Gasteiger charge is 2.35. The van der Waals surface area contributed by atoms with Gasteiger partial charge in [0.05, 0.1) is 30.8 Å². The van der Waals surface area contributed by atoms with Crippen molar-refractivity contribution >= 4 is 21.7 Å². The summed E-state index contributed by atoms with van der Waals surface area (Å²) in [7, 11) is -1.66. The van der Waals surface area contributed by atoms with Crippen molar-refractivity contribution in [2.75, 3.05) is 38.4 Å². The number of hydrogen-bond donors (Lipinski definition) is 0. The lowest BCUT2D eigenvalue weighted by Crippen LogP contribution is -2.45. The van der Waals surface area contributed by atoms with Crippen molar-refractivity contribution in [3.05, 3.63) is 23.8 Å². The van der Waals surface area contributed by atoms with Gasteiger partial charge in [-0.05, 0) is 37.5 Å². The maximum atomic E-state index is 12.7. The number of amides is 1. The normalized spacial score (nSPS) is 17.8. The third-order valence-corrected chi connectivity index (χ3v) is 6.31. The van der Waals surface area contributed by atoms with E-state index in [1.54, 1.807) is 6.07 Å². The maximum absolute atomic E-state index is 12.7. The van der Waals surface area contributed by atoms with Gasteiger partial charge in [-0.3, -0.25) is 4.79 Å². The zero-order chi connectivity index (χ0) is 21.6. The van der Waals surface area contributed by atoms with Crippen LogP contribution in [0.3, 0.4) is 0 Å². The number of benzene rings is 1. The second-order valence-corrected chi connectivity index (χ2v) is 9.60. The van der Waals surface area contributed by atoms with Crippen LogP contribution in [-0.2, 0) is 19.4 Å². The minimum atomic E-state index is -3.13. The standard InChI is InChI=1S/C20H29NO7S/c1-5-27-17-7-6-15(10-18(17)26-4)20(23)28-12-19(22)21(11-14(2)3)16-8-9-29(24,25)13-16/h6-7,10,14,16H,5,8-9,11-13H2,1-4H3/t16-/m1/s1. The summed E-state index contributed by atoms with van der Waals surface area (Å²) in [6, 6.07) is 4.26. The molecule has 0 radical (unpaired) electrons. The van der Waals surface area contributed by atoms with Crippen molar-refractivity contribution in [2.24, 2.45) is 5.92 Å². The van der Waals surface area contributed by atoms with Gasteiger partial charge in [0.25, 0.3) is 5.91 Å². The molecule has 29 heavy (non-hydrogen) atoms. The van der Waals surface area contributed by atoms with Crippen molar-refractivity contribution in [1.82, 2.24) is 4.90 Å². The molecule has 1 aromatic carbocycles. The summed E-state index contributed by atoms with van der Waals surface area (Å²) in [6.45, 7) is 6.15. The Morgan fingerprint density at radius 3 is 2.52 bits per heavy atom. The number of esters is 1. The molecule has 0 aromatic heterocycles. The number of methoxy groups -OCH3 is 1. The molecular weight excluding hydrogens is 398 g/mol. The molecule has 2 rings (SSSR count). The Morgan fingerprint density at radius 2 is 1.97 bits per heavy atom. The fourth-order valence-corrected chi connectivity index (χ4v) is 4.96. The van der Waals surface area contributed by atoms with Crippen LogP contribution in [0.5, 0.6) is 11.5 Å². The Bertz CT molecular complexity index is 835. The molecule has 0 aliphatic carbocycles. The lowest BCUT2D eigenvalue weighted by molar-refractivity contribution is -0.137. The predicted molar refractivity (Wildman–Crippen MR) is 108 cm³/mol. The van der Waals surface area contributed by atoms with Crippen molar-refractivity contribution in [3.63, 3.8) is 0 Å². The first kappa shape index (κ1) is 23.0. The average Bonchev–Trinajstić information content (AvgIpc) is 3.03. The Labute approximate surface area is 172 Å². The number of nitrogens with zero attached hydrogens (tertiary/aromatic N) is 1. The number of rotatable bonds is 9. The van der Waals surface area contributed by atoms with Crippen molar-refractivity contribution in [1.29, 1.82) is 0 Å². The fraction of sp³-hybridized carbons (Fsp3) is 0.600. The molecule has 1 aromatic rings. The molecule has 0 bridgehead atoms. The van der Waals surface area contributed by atoms with Crippen LogP contribution in [0, 0.1) is 5.92 Å². The first-order valence-electron chi connectivity index (χ1n) is 9.64. The fourth-order valence-electron chi connectivity index (χ4n) is 3.23. The SMILES string of the molecule is CCOc1ccc(C(=O)OCC(=O)N(CC(C)C)[C@@H]2CCS(=O)(=O)C2)cc1OC. The topological polar surface area (TPSA) is 99.2 Å². The van der Waals surface area contributed by atoms with Gasteiger partial charge in [-0.1, -0.05) is 13.8 Å². The van der Waals surface area contributed by atoms with Gasteiger partial charge in [0.2, 0.25) is 0 Å². The molecule has 1 heterocycles. The van der Waals surface area contributed by atoms with E-state index in [1.807, 2.05) is 20.8 Å². The van der Waals surface area contributed by atoms with Gasteiger partial charge in [0.1, 0.15) is 0 Å². The molecule has 0 N–H and O–H groups in total. The molecule has 1 saturated heterocycles. The van der Waals surface area contributed by atoms with Crippen molar-refractivity contribution in [3.8, 4) is 11.5 Å². The van der Waals surface area contributed by atoms with Crippen LogP contribution in [0.4, 0.5) is 0 Å². The maximum Gasteiger partial charge on any atom is 0.338 e. The van der Waals surface area contributed by atoms with E-state index in [-0.39, 0.29) is 29.0 Å². The van der Waals surface area contributed by atoms with Crippen LogP contribution in [0.15, 0.2) is 18.2 Å². The number of ether oxygens (including phenoxy) is 3. The van der Waals surface area contributed by atoms with E-state index in [0.717, 1.165) is 0 Å². The molecule has 8 nitrogen and oxygen atoms in total. The third-order valence-electron chi connectivity index (χ3n) is 4.56. The van der Waals surface area contributed by atoms with Crippen LogP contribution in [-0.4, -0.2) is 69.6 Å². The first-order chi connectivity index (χ1) is 13.7. The van der Waals surface area contributed by atoms with Crippen molar-refractivity contribution in [2.45, 2.75) is 33.2 Å². The van der Waals surface area contributed by atoms with E-state index >= 15 is 0 Å². The number of sulfone groups is 1. The predicted octanol–water partition coefficient (Wildman–Crippen LogP) is 1.92. The van der Waals surface area contributed by atoms with Crippen LogP contribution in [0.25, 0.3) is 0 Å². The lowest BCUT2D eigenvalue weighted by atomic mass is 10.1. The molecule has 0 unspecified atom stereocenters. The number of carbonyl (C=O) groups is 2. The smallest absolute Gasteiger partial charge is 0.338 e. The Hall–Kier alpha value is -2.29. The average molecular weight is 428 g/mol. The minimum Gasteiger partial charge on any atom is -0.493 e. The van der Waals surface area contributed by atoms with Gasteiger partial charge in [-0.2, -0.15) is 0 Å². The summed E-state index contributed by atoms with van der Waals surface area (Å²) in [6.07, 6.45) is 0.408. The summed E-state index contributed by atoms with van der Waals surface area (Å²) in [4.78, 5) is 26.6. The number of hydrogen-bond acceptors (Lipinski definition) is 7. The molecule has 0 spiro atoms.